The van der Waals surface area contributed by atoms with Gasteiger partial charge in [-0.05, 0) is 50.5 Å². The number of fused-ring (bicyclic) bond motifs is 5. The molecule has 1 saturated heterocycles. The number of methoxy groups -OCH3 is 1. The van der Waals surface area contributed by atoms with Crippen LogP contribution in [-0.4, -0.2) is 51.8 Å². The molecule has 4 atom stereocenters. The molecule has 3 heterocycles. The molecule has 8 nitrogen and oxygen atoms in total. The third-order valence-corrected chi connectivity index (χ3v) is 6.17. The number of aliphatic hydroxyl groups is 3. The van der Waals surface area contributed by atoms with Crippen molar-refractivity contribution in [1.82, 2.24) is 0 Å². The molecule has 1 aromatic carbocycles. The van der Waals surface area contributed by atoms with Crippen LogP contribution in [-0.2, 0) is 15.9 Å². The van der Waals surface area contributed by atoms with Crippen LogP contribution in [0.4, 0.5) is 0 Å². The Labute approximate surface area is 179 Å². The van der Waals surface area contributed by atoms with Crippen molar-refractivity contribution in [1.29, 1.82) is 0 Å². The molecule has 164 valence electrons. The minimum absolute atomic E-state index is 0.116. The highest BCUT2D eigenvalue weighted by Crippen LogP contribution is 2.51. The first-order chi connectivity index (χ1) is 14.6. The summed E-state index contributed by atoms with van der Waals surface area (Å²) < 4.78 is 22.5. The largest absolute Gasteiger partial charge is 0.511 e. The van der Waals surface area contributed by atoms with E-state index in [0.717, 1.165) is 5.56 Å². The van der Waals surface area contributed by atoms with Crippen LogP contribution in [0.2, 0.25) is 0 Å². The Morgan fingerprint density at radius 1 is 1.26 bits per heavy atom. The summed E-state index contributed by atoms with van der Waals surface area (Å²) in [6.07, 6.45) is 3.40. The van der Waals surface area contributed by atoms with Crippen LogP contribution in [0.15, 0.2) is 47.6 Å². The lowest BCUT2D eigenvalue weighted by Gasteiger charge is -2.36. The van der Waals surface area contributed by atoms with Gasteiger partial charge in [-0.1, -0.05) is 6.07 Å². The number of ketones is 1. The van der Waals surface area contributed by atoms with Crippen molar-refractivity contribution >= 4 is 5.78 Å². The molecule has 5 rings (SSSR count). The van der Waals surface area contributed by atoms with Crippen LogP contribution in [0, 0.1) is 5.92 Å². The summed E-state index contributed by atoms with van der Waals surface area (Å²) in [5, 5.41) is 32.1. The summed E-state index contributed by atoms with van der Waals surface area (Å²) in [5.74, 6) is -0.791. The number of rotatable bonds is 4. The van der Waals surface area contributed by atoms with Crippen molar-refractivity contribution in [2.45, 2.75) is 50.3 Å². The van der Waals surface area contributed by atoms with Gasteiger partial charge in [-0.3, -0.25) is 4.79 Å². The molecule has 3 N–H and O–H groups in total. The number of hydrogen-bond acceptors (Lipinski definition) is 8. The van der Waals surface area contributed by atoms with Gasteiger partial charge in [0, 0.05) is 0 Å². The monoisotopic (exact) mass is 428 g/mol. The average molecular weight is 428 g/mol. The number of aryl methyl sites for hydroxylation is 1. The zero-order valence-electron chi connectivity index (χ0n) is 17.4. The molecule has 1 aromatic rings. The van der Waals surface area contributed by atoms with Crippen LogP contribution < -0.4 is 9.47 Å². The van der Waals surface area contributed by atoms with Crippen LogP contribution in [0.5, 0.6) is 11.5 Å². The summed E-state index contributed by atoms with van der Waals surface area (Å²) in [6.45, 7) is 3.44. The number of carbonyl (C=O) groups is 1. The maximum atomic E-state index is 13.6. The molecule has 31 heavy (non-hydrogen) atoms. The number of Topliss-reactive ketones (excluding diaryl/α,β-unsaturated/α-hetero) is 1. The number of carbonyl (C=O) groups excluding carboxylic acids is 1. The van der Waals surface area contributed by atoms with Gasteiger partial charge in [0.05, 0.1) is 24.5 Å². The van der Waals surface area contributed by atoms with E-state index in [9.17, 15) is 20.1 Å². The van der Waals surface area contributed by atoms with Crippen LogP contribution in [0.1, 0.15) is 36.2 Å². The van der Waals surface area contributed by atoms with Crippen molar-refractivity contribution in [2.24, 2.45) is 5.92 Å². The first kappa shape index (κ1) is 20.0. The summed E-state index contributed by atoms with van der Waals surface area (Å²) >= 11 is 0. The Bertz CT molecular complexity index is 1060. The standard InChI is InChI=1S/C23H24O8/c1-22(2,26)7-6-11-4-5-12(28-3)16-18(24)15-13(30-20(11)16)10-14-17(19(15)25)23(27)8-9-29-21(23)31-14/h4-5,8-10,13,15,21,25-27H,6-7H2,1-3H3/t13?,15?,21-,23-/m1/s1. The second-order valence-electron chi connectivity index (χ2n) is 8.87. The fourth-order valence-electron chi connectivity index (χ4n) is 4.55. The first-order valence-electron chi connectivity index (χ1n) is 10.1. The van der Waals surface area contributed by atoms with E-state index in [2.05, 4.69) is 0 Å². The van der Waals surface area contributed by atoms with E-state index >= 15 is 0 Å². The Hall–Kier alpha value is -2.97. The highest BCUT2D eigenvalue weighted by molar-refractivity contribution is 6.06. The van der Waals surface area contributed by atoms with Crippen LogP contribution >= 0.6 is 0 Å². The predicted molar refractivity (Wildman–Crippen MR) is 108 cm³/mol. The van der Waals surface area contributed by atoms with E-state index in [0.29, 0.717) is 24.3 Å². The van der Waals surface area contributed by atoms with Gasteiger partial charge in [0.1, 0.15) is 40.6 Å². The smallest absolute Gasteiger partial charge is 0.277 e. The quantitative estimate of drug-likeness (QED) is 0.669. The summed E-state index contributed by atoms with van der Waals surface area (Å²) in [4.78, 5) is 13.6. The predicted octanol–water partition coefficient (Wildman–Crippen LogP) is 2.30. The van der Waals surface area contributed by atoms with Crippen molar-refractivity contribution in [3.63, 3.8) is 0 Å². The Morgan fingerprint density at radius 2 is 2.03 bits per heavy atom. The third-order valence-electron chi connectivity index (χ3n) is 6.17. The minimum atomic E-state index is -1.67. The van der Waals surface area contributed by atoms with Crippen molar-refractivity contribution in [3.8, 4) is 11.5 Å². The molecule has 2 unspecified atom stereocenters. The van der Waals surface area contributed by atoms with E-state index in [-0.39, 0.29) is 28.4 Å². The lowest BCUT2D eigenvalue weighted by Crippen LogP contribution is -2.43. The third kappa shape index (κ3) is 2.85. The second-order valence-corrected chi connectivity index (χ2v) is 8.87. The van der Waals surface area contributed by atoms with Gasteiger partial charge in [0.25, 0.3) is 6.29 Å². The molecule has 1 fully saturated rings. The van der Waals surface area contributed by atoms with Crippen molar-refractivity contribution < 1.29 is 39.1 Å². The topological polar surface area (TPSA) is 115 Å². The Kier molecular flexibility index (Phi) is 4.19. The van der Waals surface area contributed by atoms with Gasteiger partial charge in [-0.25, -0.2) is 0 Å². The van der Waals surface area contributed by atoms with E-state index in [4.69, 9.17) is 18.9 Å². The second kappa shape index (κ2) is 6.51. The molecule has 0 aromatic heterocycles. The molecular weight excluding hydrogens is 404 g/mol. The first-order valence-corrected chi connectivity index (χ1v) is 10.1. The van der Waals surface area contributed by atoms with Crippen LogP contribution in [0.3, 0.4) is 0 Å². The van der Waals surface area contributed by atoms with Crippen LogP contribution in [0.25, 0.3) is 0 Å². The van der Waals surface area contributed by atoms with E-state index in [1.807, 2.05) is 6.07 Å². The molecular formula is C23H24O8. The molecule has 0 spiro atoms. The molecule has 1 aliphatic carbocycles. The molecule has 0 radical (unpaired) electrons. The lowest BCUT2D eigenvalue weighted by atomic mass is 9.78. The van der Waals surface area contributed by atoms with Gasteiger partial charge in [0.15, 0.2) is 11.4 Å². The number of benzene rings is 1. The maximum absolute atomic E-state index is 13.6. The summed E-state index contributed by atoms with van der Waals surface area (Å²) in [7, 11) is 1.46. The molecule has 8 heteroatoms. The van der Waals surface area contributed by atoms with Gasteiger partial charge in [-0.2, -0.15) is 0 Å². The van der Waals surface area contributed by atoms with Gasteiger partial charge < -0.3 is 34.3 Å². The Balaban J connectivity index is 1.60. The fourth-order valence-corrected chi connectivity index (χ4v) is 4.55. The number of hydrogen-bond donors (Lipinski definition) is 3. The average Bonchev–Trinajstić information content (AvgIpc) is 3.18. The normalized spacial score (nSPS) is 30.4. The molecule has 0 amide bonds. The minimum Gasteiger partial charge on any atom is -0.511 e. The van der Waals surface area contributed by atoms with Crippen molar-refractivity contribution in [2.75, 3.05) is 7.11 Å². The molecule has 4 aliphatic rings. The molecule has 0 bridgehead atoms. The maximum Gasteiger partial charge on any atom is 0.277 e. The molecule has 0 saturated carbocycles. The summed E-state index contributed by atoms with van der Waals surface area (Å²) in [6, 6.07) is 3.50. The van der Waals surface area contributed by atoms with E-state index in [1.165, 1.54) is 19.4 Å². The Morgan fingerprint density at radius 3 is 2.74 bits per heavy atom. The number of aliphatic hydroxyl groups excluding tert-OH is 1. The van der Waals surface area contributed by atoms with E-state index < -0.39 is 29.5 Å². The van der Waals surface area contributed by atoms with Gasteiger partial charge in [0.2, 0.25) is 0 Å². The highest BCUT2D eigenvalue weighted by Gasteiger charge is 2.59. The lowest BCUT2D eigenvalue weighted by molar-refractivity contribution is -0.109. The van der Waals surface area contributed by atoms with Gasteiger partial charge in [-0.15, -0.1) is 0 Å². The molecule has 3 aliphatic heterocycles. The van der Waals surface area contributed by atoms with Gasteiger partial charge >= 0.3 is 0 Å². The van der Waals surface area contributed by atoms with Crippen molar-refractivity contribution in [3.05, 3.63) is 58.8 Å². The summed E-state index contributed by atoms with van der Waals surface area (Å²) in [5.41, 5.74) is -1.44. The zero-order valence-corrected chi connectivity index (χ0v) is 17.4. The number of ether oxygens (including phenoxy) is 4. The highest BCUT2D eigenvalue weighted by atomic mass is 16.7. The SMILES string of the molecule is COc1ccc(CCC(C)(C)O)c2c1C(=O)C1C(O)=C3C(=CC1O2)O[C@H]1OC=C[C@@]31O. The zero-order chi connectivity index (χ0) is 22.1. The van der Waals surface area contributed by atoms with E-state index in [1.54, 1.807) is 26.0 Å². The fraction of sp³-hybridized carbons (Fsp3) is 0.435.